The maximum atomic E-state index is 13.1. The fourth-order valence-corrected chi connectivity index (χ4v) is 2.52. The van der Waals surface area contributed by atoms with Crippen molar-refractivity contribution >= 4 is 18.1 Å². The number of nitrogens with one attached hydrogen (secondary N) is 1. The molecule has 0 atom stereocenters. The lowest BCUT2D eigenvalue weighted by Gasteiger charge is -2.22. The Morgan fingerprint density at radius 2 is 2.16 bits per heavy atom. The van der Waals surface area contributed by atoms with Gasteiger partial charge in [-0.25, -0.2) is 4.98 Å². The number of hydrogen-bond acceptors (Lipinski definition) is 3. The summed E-state index contributed by atoms with van der Waals surface area (Å²) in [6.07, 6.45) is 3.40. The highest BCUT2D eigenvalue weighted by molar-refractivity contribution is 6.04. The van der Waals surface area contributed by atoms with Crippen molar-refractivity contribution in [3.8, 4) is 0 Å². The van der Waals surface area contributed by atoms with Gasteiger partial charge in [-0.15, -0.1) is 0 Å². The second kappa shape index (κ2) is 7.96. The second-order valence-corrected chi connectivity index (χ2v) is 5.38. The number of amides is 1. The van der Waals surface area contributed by atoms with E-state index in [1.54, 1.807) is 7.05 Å². The summed E-state index contributed by atoms with van der Waals surface area (Å²) in [6, 6.07) is 2.15. The van der Waals surface area contributed by atoms with E-state index in [0.29, 0.717) is 17.8 Å². The quantitative estimate of drug-likeness (QED) is 0.504. The fraction of sp³-hybridized carbons (Fsp3) is 0.353. The SMILES string of the molecule is CN=C(NC)c1ccc(C(F)(F)F)nc1N(C=O)CC1=CCCC=C1. The van der Waals surface area contributed by atoms with Crippen LogP contribution in [0, 0.1) is 0 Å². The summed E-state index contributed by atoms with van der Waals surface area (Å²) in [5, 5.41) is 2.81. The number of aliphatic imine (C=N–C) groups is 1. The summed E-state index contributed by atoms with van der Waals surface area (Å²) < 4.78 is 39.2. The van der Waals surface area contributed by atoms with Gasteiger partial charge in [0.2, 0.25) is 6.41 Å². The number of nitrogens with zero attached hydrogens (tertiary/aromatic N) is 3. The van der Waals surface area contributed by atoms with Gasteiger partial charge >= 0.3 is 6.18 Å². The minimum Gasteiger partial charge on any atom is -0.373 e. The lowest BCUT2D eigenvalue weighted by atomic mass is 10.1. The van der Waals surface area contributed by atoms with Crippen LogP contribution in [0.3, 0.4) is 0 Å². The van der Waals surface area contributed by atoms with Crippen LogP contribution in [0.25, 0.3) is 0 Å². The third-order valence-electron chi connectivity index (χ3n) is 3.71. The first-order valence-corrected chi connectivity index (χ1v) is 7.71. The number of carbonyl (C=O) groups is 1. The van der Waals surface area contributed by atoms with E-state index in [4.69, 9.17) is 0 Å². The second-order valence-electron chi connectivity index (χ2n) is 5.38. The van der Waals surface area contributed by atoms with Crippen LogP contribution in [0.4, 0.5) is 19.0 Å². The van der Waals surface area contributed by atoms with Gasteiger partial charge in [0.15, 0.2) is 0 Å². The Morgan fingerprint density at radius 1 is 1.40 bits per heavy atom. The number of halogens is 3. The topological polar surface area (TPSA) is 57.6 Å². The Balaban J connectivity index is 2.50. The molecule has 0 bridgehead atoms. The van der Waals surface area contributed by atoms with E-state index in [1.165, 1.54) is 13.1 Å². The number of carbonyl (C=O) groups excluding carboxylic acids is 1. The van der Waals surface area contributed by atoms with E-state index in [2.05, 4.69) is 15.3 Å². The lowest BCUT2D eigenvalue weighted by molar-refractivity contribution is -0.141. The predicted molar refractivity (Wildman–Crippen MR) is 90.6 cm³/mol. The first kappa shape index (κ1) is 18.7. The summed E-state index contributed by atoms with van der Waals surface area (Å²) in [5.41, 5.74) is 0.117. The van der Waals surface area contributed by atoms with Crippen molar-refractivity contribution in [3.05, 3.63) is 47.2 Å². The summed E-state index contributed by atoms with van der Waals surface area (Å²) in [6.45, 7) is 0.141. The van der Waals surface area contributed by atoms with Gasteiger partial charge in [0.1, 0.15) is 17.3 Å². The van der Waals surface area contributed by atoms with Gasteiger partial charge in [-0.2, -0.15) is 13.2 Å². The maximum absolute atomic E-state index is 13.1. The average Bonchev–Trinajstić information content (AvgIpc) is 2.61. The molecule has 0 fully saturated rings. The van der Waals surface area contributed by atoms with Crippen LogP contribution in [0.1, 0.15) is 24.1 Å². The summed E-state index contributed by atoms with van der Waals surface area (Å²) >= 11 is 0. The minimum absolute atomic E-state index is 0.0837. The first-order chi connectivity index (χ1) is 11.9. The number of alkyl halides is 3. The van der Waals surface area contributed by atoms with E-state index in [0.717, 1.165) is 29.4 Å². The number of amidine groups is 1. The molecule has 1 N–H and O–H groups in total. The number of rotatable bonds is 5. The van der Waals surface area contributed by atoms with Gasteiger partial charge in [0.25, 0.3) is 0 Å². The van der Waals surface area contributed by atoms with E-state index in [-0.39, 0.29) is 12.4 Å². The molecule has 0 saturated carbocycles. The Bertz CT molecular complexity index is 723. The Kier molecular flexibility index (Phi) is 5.95. The molecule has 0 spiro atoms. The van der Waals surface area contributed by atoms with Crippen LogP contribution in [0.5, 0.6) is 0 Å². The van der Waals surface area contributed by atoms with Crippen molar-refractivity contribution in [1.82, 2.24) is 10.3 Å². The molecule has 0 unspecified atom stereocenters. The Labute approximate surface area is 144 Å². The zero-order chi connectivity index (χ0) is 18.4. The smallest absolute Gasteiger partial charge is 0.373 e. The van der Waals surface area contributed by atoms with Crippen LogP contribution >= 0.6 is 0 Å². The lowest BCUT2D eigenvalue weighted by Crippen LogP contribution is -2.30. The van der Waals surface area contributed by atoms with E-state index in [1.807, 2.05) is 18.2 Å². The number of allylic oxidation sites excluding steroid dienone is 2. The molecule has 1 aliphatic carbocycles. The molecule has 134 valence electrons. The average molecular weight is 352 g/mol. The van der Waals surface area contributed by atoms with Crippen molar-refractivity contribution in [2.24, 2.45) is 4.99 Å². The van der Waals surface area contributed by atoms with Crippen molar-refractivity contribution in [2.45, 2.75) is 19.0 Å². The molecule has 1 aromatic heterocycles. The van der Waals surface area contributed by atoms with Gasteiger partial charge in [-0.1, -0.05) is 18.2 Å². The van der Waals surface area contributed by atoms with Crippen molar-refractivity contribution in [3.63, 3.8) is 0 Å². The Hall–Kier alpha value is -2.64. The molecule has 0 saturated heterocycles. The van der Waals surface area contributed by atoms with Gasteiger partial charge < -0.3 is 5.32 Å². The molecular formula is C17H19F3N4O. The van der Waals surface area contributed by atoms with Gasteiger partial charge in [-0.3, -0.25) is 14.7 Å². The predicted octanol–water partition coefficient (Wildman–Crippen LogP) is 2.94. The van der Waals surface area contributed by atoms with E-state index in [9.17, 15) is 18.0 Å². The molecule has 0 aliphatic heterocycles. The van der Waals surface area contributed by atoms with Gasteiger partial charge in [0, 0.05) is 14.1 Å². The number of pyridine rings is 1. The van der Waals surface area contributed by atoms with Crippen LogP contribution in [-0.2, 0) is 11.0 Å². The number of hydrogen-bond donors (Lipinski definition) is 1. The van der Waals surface area contributed by atoms with Crippen LogP contribution in [0.2, 0.25) is 0 Å². The highest BCUT2D eigenvalue weighted by atomic mass is 19.4. The highest BCUT2D eigenvalue weighted by Crippen LogP contribution is 2.31. The van der Waals surface area contributed by atoms with E-state index >= 15 is 0 Å². The molecule has 2 rings (SSSR count). The van der Waals surface area contributed by atoms with Crippen molar-refractivity contribution in [1.29, 1.82) is 0 Å². The zero-order valence-corrected chi connectivity index (χ0v) is 14.0. The minimum atomic E-state index is -4.60. The molecular weight excluding hydrogens is 333 g/mol. The maximum Gasteiger partial charge on any atom is 0.433 e. The summed E-state index contributed by atoms with van der Waals surface area (Å²) in [4.78, 5) is 20.4. The molecule has 25 heavy (non-hydrogen) atoms. The Morgan fingerprint density at radius 3 is 2.68 bits per heavy atom. The molecule has 1 aliphatic rings. The molecule has 1 aromatic rings. The monoisotopic (exact) mass is 352 g/mol. The molecule has 5 nitrogen and oxygen atoms in total. The largest absolute Gasteiger partial charge is 0.433 e. The third kappa shape index (κ3) is 4.46. The van der Waals surface area contributed by atoms with Gasteiger partial charge in [-0.05, 0) is 30.5 Å². The molecule has 8 heteroatoms. The van der Waals surface area contributed by atoms with Crippen LogP contribution in [-0.4, -0.2) is 37.9 Å². The van der Waals surface area contributed by atoms with Crippen LogP contribution in [0.15, 0.2) is 40.9 Å². The molecule has 1 heterocycles. The van der Waals surface area contributed by atoms with E-state index < -0.39 is 11.9 Å². The van der Waals surface area contributed by atoms with Crippen molar-refractivity contribution < 1.29 is 18.0 Å². The zero-order valence-electron chi connectivity index (χ0n) is 14.0. The fourth-order valence-electron chi connectivity index (χ4n) is 2.52. The highest BCUT2D eigenvalue weighted by Gasteiger charge is 2.34. The molecule has 1 amide bonds. The van der Waals surface area contributed by atoms with Gasteiger partial charge in [0.05, 0.1) is 12.1 Å². The standard InChI is InChI=1S/C17H19F3N4O/c1-21-15(22-2)13-8-9-14(17(18,19)20)23-16(13)24(11-25)10-12-6-4-3-5-7-12/h4,6-9,11H,3,5,10H2,1-2H3,(H,21,22). The third-order valence-corrected chi connectivity index (χ3v) is 3.71. The summed E-state index contributed by atoms with van der Waals surface area (Å²) in [5.74, 6) is 0.260. The normalized spacial score (nSPS) is 14.9. The number of aromatic nitrogens is 1. The van der Waals surface area contributed by atoms with Crippen LogP contribution < -0.4 is 10.2 Å². The first-order valence-electron chi connectivity index (χ1n) is 7.71. The van der Waals surface area contributed by atoms with Crippen molar-refractivity contribution in [2.75, 3.05) is 25.5 Å². The molecule has 0 radical (unpaired) electrons. The molecule has 0 aromatic carbocycles. The summed E-state index contributed by atoms with van der Waals surface area (Å²) in [7, 11) is 3.10. The number of anilines is 1.